The van der Waals surface area contributed by atoms with Crippen molar-refractivity contribution in [1.82, 2.24) is 4.98 Å². The van der Waals surface area contributed by atoms with E-state index >= 15 is 0 Å². The second-order valence-electron chi connectivity index (χ2n) is 9.07. The molecule has 192 valence electrons. The molecular formula is C23H20Cl2F3N3O5. The van der Waals surface area contributed by atoms with Gasteiger partial charge in [0.15, 0.2) is 17.6 Å². The van der Waals surface area contributed by atoms with E-state index in [0.717, 1.165) is 17.0 Å². The lowest BCUT2D eigenvalue weighted by molar-refractivity contribution is -0.161. The molecule has 13 heteroatoms. The van der Waals surface area contributed by atoms with Gasteiger partial charge in [-0.1, -0.05) is 23.2 Å². The average molecular weight is 546 g/mol. The van der Waals surface area contributed by atoms with Gasteiger partial charge in [0.1, 0.15) is 29.6 Å². The van der Waals surface area contributed by atoms with E-state index in [-0.39, 0.29) is 40.5 Å². The topological polar surface area (TPSA) is 81.2 Å². The van der Waals surface area contributed by atoms with Crippen molar-refractivity contribution < 1.29 is 37.0 Å². The van der Waals surface area contributed by atoms with E-state index in [1.165, 1.54) is 17.9 Å². The maximum absolute atomic E-state index is 14.0. The van der Waals surface area contributed by atoms with Gasteiger partial charge < -0.3 is 19.1 Å². The maximum Gasteiger partial charge on any atom is 0.416 e. The monoisotopic (exact) mass is 545 g/mol. The minimum absolute atomic E-state index is 0.0243. The third-order valence-electron chi connectivity index (χ3n) is 6.11. The molecule has 0 aliphatic carbocycles. The van der Waals surface area contributed by atoms with Crippen LogP contribution in [0.3, 0.4) is 0 Å². The molecule has 3 atom stereocenters. The Bertz CT molecular complexity index is 1270. The summed E-state index contributed by atoms with van der Waals surface area (Å²) >= 11 is 12.4. The molecule has 8 nitrogen and oxygen atoms in total. The van der Waals surface area contributed by atoms with Crippen molar-refractivity contribution in [2.45, 2.75) is 51.0 Å². The van der Waals surface area contributed by atoms with Gasteiger partial charge in [-0.2, -0.15) is 13.2 Å². The Morgan fingerprint density at radius 1 is 1.19 bits per heavy atom. The van der Waals surface area contributed by atoms with Crippen molar-refractivity contribution >= 4 is 46.5 Å². The largest absolute Gasteiger partial charge is 0.488 e. The minimum atomic E-state index is -4.69. The summed E-state index contributed by atoms with van der Waals surface area (Å²) < 4.78 is 57.9. The lowest BCUT2D eigenvalue weighted by Crippen LogP contribution is -2.54. The number of benzene rings is 1. The van der Waals surface area contributed by atoms with E-state index in [4.69, 9.17) is 37.4 Å². The van der Waals surface area contributed by atoms with Gasteiger partial charge in [0.25, 0.3) is 11.8 Å². The number of alkyl halides is 3. The molecule has 0 spiro atoms. The summed E-state index contributed by atoms with van der Waals surface area (Å²) in [6, 6.07) is 3.28. The van der Waals surface area contributed by atoms with Gasteiger partial charge in [0.05, 0.1) is 22.8 Å². The first-order chi connectivity index (χ1) is 16.8. The Labute approximate surface area is 213 Å². The van der Waals surface area contributed by atoms with Gasteiger partial charge in [-0.25, -0.2) is 4.98 Å². The van der Waals surface area contributed by atoms with Gasteiger partial charge in [-0.15, -0.1) is 0 Å². The first-order valence-corrected chi connectivity index (χ1v) is 11.7. The summed E-state index contributed by atoms with van der Waals surface area (Å²) in [4.78, 5) is 33.9. The summed E-state index contributed by atoms with van der Waals surface area (Å²) in [5.41, 5.74) is -0.666. The number of pyridine rings is 1. The van der Waals surface area contributed by atoms with Crippen LogP contribution in [-0.2, 0) is 25.2 Å². The molecule has 36 heavy (non-hydrogen) atoms. The van der Waals surface area contributed by atoms with E-state index in [1.54, 1.807) is 19.9 Å². The number of amides is 2. The van der Waals surface area contributed by atoms with Crippen molar-refractivity contribution in [1.29, 1.82) is 0 Å². The van der Waals surface area contributed by atoms with Crippen molar-refractivity contribution in [2.24, 2.45) is 0 Å². The predicted molar refractivity (Wildman–Crippen MR) is 123 cm³/mol. The van der Waals surface area contributed by atoms with Gasteiger partial charge in [-0.05, 0) is 45.0 Å². The van der Waals surface area contributed by atoms with Crippen LogP contribution < -0.4 is 14.5 Å². The first kappa shape index (κ1) is 25.1. The zero-order valence-corrected chi connectivity index (χ0v) is 20.7. The number of carbonyl (C=O) groups is 2. The zero-order valence-electron chi connectivity index (χ0n) is 19.2. The van der Waals surface area contributed by atoms with E-state index in [0.29, 0.717) is 5.69 Å². The van der Waals surface area contributed by atoms with Crippen molar-refractivity contribution in [3.8, 4) is 5.75 Å². The fraction of sp³-hybridized carbons (Fsp3) is 0.435. The Morgan fingerprint density at radius 3 is 2.61 bits per heavy atom. The lowest BCUT2D eigenvalue weighted by Gasteiger charge is -2.35. The van der Waals surface area contributed by atoms with Gasteiger partial charge in [0.2, 0.25) is 0 Å². The van der Waals surface area contributed by atoms with E-state index in [1.807, 2.05) is 0 Å². The highest BCUT2D eigenvalue weighted by atomic mass is 35.5. The molecule has 5 rings (SSSR count). The molecule has 0 saturated carbocycles. The van der Waals surface area contributed by atoms with E-state index in [9.17, 15) is 22.8 Å². The van der Waals surface area contributed by atoms with Crippen molar-refractivity contribution in [3.05, 3.63) is 45.6 Å². The van der Waals surface area contributed by atoms with Crippen molar-refractivity contribution in [3.63, 3.8) is 0 Å². The number of aromatic nitrogens is 1. The molecule has 3 aliphatic rings. The molecule has 1 aromatic carbocycles. The summed E-state index contributed by atoms with van der Waals surface area (Å²) in [5.74, 6) is -2.66. The maximum atomic E-state index is 14.0. The molecule has 0 radical (unpaired) electrons. The van der Waals surface area contributed by atoms with Crippen LogP contribution in [0, 0.1) is 6.92 Å². The van der Waals surface area contributed by atoms with Crippen LogP contribution in [0.15, 0.2) is 24.3 Å². The highest BCUT2D eigenvalue weighted by Gasteiger charge is 2.61. The van der Waals surface area contributed by atoms with E-state index < -0.39 is 47.6 Å². The number of anilines is 2. The van der Waals surface area contributed by atoms with Gasteiger partial charge >= 0.3 is 6.18 Å². The van der Waals surface area contributed by atoms with Crippen LogP contribution in [-0.4, -0.2) is 54.0 Å². The van der Waals surface area contributed by atoms with Crippen LogP contribution in [0.25, 0.3) is 0 Å². The molecule has 3 aliphatic heterocycles. The number of hydrogen-bond donors (Lipinski definition) is 0. The van der Waals surface area contributed by atoms with E-state index in [2.05, 4.69) is 4.98 Å². The molecule has 0 N–H and O–H groups in total. The molecule has 2 saturated heterocycles. The highest BCUT2D eigenvalue weighted by molar-refractivity contribution is 6.43. The predicted octanol–water partition coefficient (Wildman–Crippen LogP) is 4.38. The smallest absolute Gasteiger partial charge is 0.416 e. The van der Waals surface area contributed by atoms with Crippen LogP contribution in [0.4, 0.5) is 24.7 Å². The number of ether oxygens (including phenoxy) is 3. The normalized spacial score (nSPS) is 25.0. The Balaban J connectivity index is 1.61. The second kappa shape index (κ2) is 8.47. The fourth-order valence-corrected chi connectivity index (χ4v) is 5.06. The minimum Gasteiger partial charge on any atom is -0.488 e. The third kappa shape index (κ3) is 4.07. The number of aryl methyl sites for hydroxylation is 1. The SMILES string of the molecule is Cc1cc(C(F)(F)F)cc(N2C(=O)[C@H]3OC(C)(C)O[C@H]3[C@H]2C(=O)N2CCOc3c2ccc(Cl)c3Cl)n1. The Morgan fingerprint density at radius 2 is 1.92 bits per heavy atom. The number of rotatable bonds is 2. The average Bonchev–Trinajstić information content (AvgIpc) is 3.25. The van der Waals surface area contributed by atoms with Crippen molar-refractivity contribution in [2.75, 3.05) is 23.0 Å². The highest BCUT2D eigenvalue weighted by Crippen LogP contribution is 2.45. The Hall–Kier alpha value is -2.60. The molecule has 4 heterocycles. The molecule has 2 amide bonds. The van der Waals surface area contributed by atoms with Gasteiger partial charge in [0, 0.05) is 5.69 Å². The van der Waals surface area contributed by atoms with Crippen LogP contribution in [0.2, 0.25) is 10.0 Å². The molecule has 2 fully saturated rings. The fourth-order valence-electron chi connectivity index (χ4n) is 4.70. The van der Waals surface area contributed by atoms with Crippen LogP contribution >= 0.6 is 23.2 Å². The quantitative estimate of drug-likeness (QED) is 0.557. The first-order valence-electron chi connectivity index (χ1n) is 11.0. The zero-order chi connectivity index (χ0) is 26.2. The standard InChI is InChI=1S/C23H20Cl2F3N3O5/c1-10-8-11(23(26,27)28)9-14(29-10)31-16(18-19(21(31)33)36-22(2,3)35-18)20(32)30-6-7-34-17-13(30)5-4-12(24)15(17)25/h4-5,8-9,16,18-19H,6-7H2,1-3H3/t16-,18-,19-/m0/s1. The lowest BCUT2D eigenvalue weighted by atomic mass is 10.1. The molecule has 0 bridgehead atoms. The molecular weight excluding hydrogens is 526 g/mol. The van der Waals surface area contributed by atoms with Crippen LogP contribution in [0.1, 0.15) is 25.1 Å². The molecule has 2 aromatic rings. The molecule has 0 unspecified atom stereocenters. The van der Waals surface area contributed by atoms with Gasteiger partial charge in [-0.3, -0.25) is 14.5 Å². The number of fused-ring (bicyclic) bond motifs is 2. The summed E-state index contributed by atoms with van der Waals surface area (Å²) in [6.07, 6.45) is -6.99. The van der Waals surface area contributed by atoms with Crippen LogP contribution in [0.5, 0.6) is 5.75 Å². The number of nitrogens with zero attached hydrogens (tertiary/aromatic N) is 3. The summed E-state index contributed by atoms with van der Waals surface area (Å²) in [5, 5.41) is 0.334. The number of carbonyl (C=O) groups excluding carboxylic acids is 2. The molecule has 1 aromatic heterocycles. The second-order valence-corrected chi connectivity index (χ2v) is 9.86. The number of hydrogen-bond acceptors (Lipinski definition) is 6. The summed E-state index contributed by atoms with van der Waals surface area (Å²) in [6.45, 7) is 4.72. The Kier molecular flexibility index (Phi) is 5.90. The number of halogens is 5. The third-order valence-corrected chi connectivity index (χ3v) is 6.90. The summed E-state index contributed by atoms with van der Waals surface area (Å²) in [7, 11) is 0.